The van der Waals surface area contributed by atoms with Gasteiger partial charge in [-0.25, -0.2) is 4.39 Å². The minimum absolute atomic E-state index is 0.188. The molecule has 2 N–H and O–H groups in total. The highest BCUT2D eigenvalue weighted by molar-refractivity contribution is 7.16. The van der Waals surface area contributed by atoms with Crippen molar-refractivity contribution >= 4 is 40.4 Å². The van der Waals surface area contributed by atoms with Gasteiger partial charge in [0.25, 0.3) is 11.8 Å². The maximum Gasteiger partial charge on any atom is 0.255 e. The van der Waals surface area contributed by atoms with Crippen LogP contribution in [0, 0.1) is 5.82 Å². The van der Waals surface area contributed by atoms with E-state index in [-0.39, 0.29) is 17.9 Å². The Labute approximate surface area is 165 Å². The second-order valence-electron chi connectivity index (χ2n) is 5.88. The Hall–Kier alpha value is -2.70. The van der Waals surface area contributed by atoms with Gasteiger partial charge in [-0.15, -0.1) is 11.3 Å². The van der Waals surface area contributed by atoms with Gasteiger partial charge in [-0.05, 0) is 61.5 Å². The summed E-state index contributed by atoms with van der Waals surface area (Å²) in [6.07, 6.45) is 0. The van der Waals surface area contributed by atoms with Crippen LogP contribution < -0.4 is 10.6 Å². The van der Waals surface area contributed by atoms with Crippen molar-refractivity contribution < 1.29 is 14.0 Å². The number of thiophene rings is 1. The molecule has 1 unspecified atom stereocenters. The Morgan fingerprint density at radius 1 is 1.00 bits per heavy atom. The largest absolute Gasteiger partial charge is 0.345 e. The number of carbonyl (C=O) groups excluding carboxylic acids is 2. The van der Waals surface area contributed by atoms with E-state index in [0.717, 1.165) is 4.88 Å². The van der Waals surface area contributed by atoms with Gasteiger partial charge in [0.05, 0.1) is 10.4 Å². The Bertz CT molecular complexity index is 972. The summed E-state index contributed by atoms with van der Waals surface area (Å²) in [4.78, 5) is 25.7. The number of amides is 2. The Balaban J connectivity index is 1.68. The van der Waals surface area contributed by atoms with Crippen molar-refractivity contribution in [2.75, 3.05) is 5.32 Å². The summed E-state index contributed by atoms with van der Waals surface area (Å²) in [5.41, 5.74) is 1.22. The smallest absolute Gasteiger partial charge is 0.255 e. The summed E-state index contributed by atoms with van der Waals surface area (Å²) in [6.45, 7) is 1.88. The zero-order chi connectivity index (χ0) is 19.4. The van der Waals surface area contributed by atoms with E-state index in [2.05, 4.69) is 10.6 Å². The molecule has 27 heavy (non-hydrogen) atoms. The average molecular weight is 403 g/mol. The highest BCUT2D eigenvalue weighted by Gasteiger charge is 2.14. The van der Waals surface area contributed by atoms with Crippen LogP contribution >= 0.6 is 22.9 Å². The van der Waals surface area contributed by atoms with E-state index in [4.69, 9.17) is 11.6 Å². The fourth-order valence-electron chi connectivity index (χ4n) is 2.45. The fraction of sp³-hybridized carbons (Fsp3) is 0.100. The number of hydrogen-bond donors (Lipinski definition) is 2. The number of halogens is 2. The zero-order valence-electron chi connectivity index (χ0n) is 14.3. The molecule has 1 aromatic heterocycles. The molecular weight excluding hydrogens is 387 g/mol. The quantitative estimate of drug-likeness (QED) is 0.609. The Morgan fingerprint density at radius 2 is 1.74 bits per heavy atom. The summed E-state index contributed by atoms with van der Waals surface area (Å²) >= 11 is 7.34. The summed E-state index contributed by atoms with van der Waals surface area (Å²) in [6, 6.07) is 15.3. The molecule has 0 aliphatic heterocycles. The lowest BCUT2D eigenvalue weighted by Gasteiger charge is -2.13. The number of carbonyl (C=O) groups is 2. The minimum Gasteiger partial charge on any atom is -0.345 e. The molecule has 4 nitrogen and oxygen atoms in total. The van der Waals surface area contributed by atoms with Gasteiger partial charge in [-0.2, -0.15) is 0 Å². The molecule has 0 bridgehead atoms. The van der Waals surface area contributed by atoms with Crippen molar-refractivity contribution in [1.29, 1.82) is 0 Å². The molecule has 0 radical (unpaired) electrons. The van der Waals surface area contributed by atoms with E-state index < -0.39 is 5.82 Å². The predicted octanol–water partition coefficient (Wildman–Crippen LogP) is 5.28. The minimum atomic E-state index is -0.411. The average Bonchev–Trinajstić information content (AvgIpc) is 3.09. The third-order valence-corrected chi connectivity index (χ3v) is 5.27. The van der Waals surface area contributed by atoms with Crippen molar-refractivity contribution in [3.05, 3.63) is 86.8 Å². The van der Waals surface area contributed by atoms with Crippen LogP contribution in [0.25, 0.3) is 0 Å². The lowest BCUT2D eigenvalue weighted by atomic mass is 10.1. The molecule has 0 fully saturated rings. The van der Waals surface area contributed by atoms with Crippen molar-refractivity contribution in [1.82, 2.24) is 5.32 Å². The van der Waals surface area contributed by atoms with Gasteiger partial charge in [-0.3, -0.25) is 9.59 Å². The molecular formula is C20H16ClFN2O2S. The SMILES string of the molecule is CC(NC(=O)c1cccc(NC(=O)c2ccc(F)cc2)c1)c1ccc(Cl)s1. The topological polar surface area (TPSA) is 58.2 Å². The van der Waals surface area contributed by atoms with Gasteiger partial charge in [0.2, 0.25) is 0 Å². The first-order chi connectivity index (χ1) is 12.9. The number of rotatable bonds is 5. The molecule has 0 saturated carbocycles. The molecule has 3 rings (SSSR count). The van der Waals surface area contributed by atoms with E-state index in [1.807, 2.05) is 13.0 Å². The summed E-state index contributed by atoms with van der Waals surface area (Å²) < 4.78 is 13.6. The molecule has 7 heteroatoms. The molecule has 138 valence electrons. The molecule has 1 atom stereocenters. The van der Waals surface area contributed by atoms with Crippen molar-refractivity contribution in [2.24, 2.45) is 0 Å². The van der Waals surface area contributed by atoms with E-state index in [0.29, 0.717) is 21.2 Å². The van der Waals surface area contributed by atoms with Gasteiger partial charge in [-0.1, -0.05) is 17.7 Å². The lowest BCUT2D eigenvalue weighted by molar-refractivity contribution is 0.0939. The van der Waals surface area contributed by atoms with Crippen LogP contribution in [-0.2, 0) is 0 Å². The van der Waals surface area contributed by atoms with E-state index in [9.17, 15) is 14.0 Å². The number of hydrogen-bond acceptors (Lipinski definition) is 3. The van der Waals surface area contributed by atoms with Gasteiger partial charge in [0.1, 0.15) is 5.82 Å². The van der Waals surface area contributed by atoms with Crippen LogP contribution in [0.5, 0.6) is 0 Å². The van der Waals surface area contributed by atoms with Crippen molar-refractivity contribution in [2.45, 2.75) is 13.0 Å². The summed E-state index contributed by atoms with van der Waals surface area (Å²) in [7, 11) is 0. The first-order valence-electron chi connectivity index (χ1n) is 8.15. The third kappa shape index (κ3) is 4.93. The summed E-state index contributed by atoms with van der Waals surface area (Å²) in [5.74, 6) is -1.05. The van der Waals surface area contributed by atoms with Crippen LogP contribution in [0.1, 0.15) is 38.6 Å². The molecule has 3 aromatic rings. The van der Waals surface area contributed by atoms with Gasteiger partial charge < -0.3 is 10.6 Å². The monoisotopic (exact) mass is 402 g/mol. The van der Waals surface area contributed by atoms with Crippen LogP contribution in [-0.4, -0.2) is 11.8 Å². The van der Waals surface area contributed by atoms with Gasteiger partial charge >= 0.3 is 0 Å². The Morgan fingerprint density at radius 3 is 2.41 bits per heavy atom. The van der Waals surface area contributed by atoms with Gasteiger partial charge in [0.15, 0.2) is 0 Å². The molecule has 1 heterocycles. The molecule has 0 aliphatic rings. The van der Waals surface area contributed by atoms with Crippen LogP contribution in [0.15, 0.2) is 60.7 Å². The normalized spacial score (nSPS) is 11.7. The lowest BCUT2D eigenvalue weighted by Crippen LogP contribution is -2.26. The highest BCUT2D eigenvalue weighted by Crippen LogP contribution is 2.27. The van der Waals surface area contributed by atoms with Crippen molar-refractivity contribution in [3.8, 4) is 0 Å². The first-order valence-corrected chi connectivity index (χ1v) is 9.35. The Kier molecular flexibility index (Phi) is 5.88. The maximum absolute atomic E-state index is 13.0. The third-order valence-electron chi connectivity index (χ3n) is 3.86. The predicted molar refractivity (Wildman–Crippen MR) is 106 cm³/mol. The second kappa shape index (κ2) is 8.33. The summed E-state index contributed by atoms with van der Waals surface area (Å²) in [5, 5.41) is 5.61. The van der Waals surface area contributed by atoms with E-state index >= 15 is 0 Å². The standard InChI is InChI=1S/C20H16ClFN2O2S/c1-12(17-9-10-18(21)27-17)23-20(26)14-3-2-4-16(11-14)24-19(25)13-5-7-15(22)8-6-13/h2-12H,1H3,(H,23,26)(H,24,25). The molecule has 0 aliphatic carbocycles. The molecule has 0 spiro atoms. The maximum atomic E-state index is 13.0. The number of anilines is 1. The fourth-order valence-corrected chi connectivity index (χ4v) is 3.52. The van der Waals surface area contributed by atoms with E-state index in [1.54, 1.807) is 30.3 Å². The number of nitrogens with one attached hydrogen (secondary N) is 2. The highest BCUT2D eigenvalue weighted by atomic mass is 35.5. The van der Waals surface area contributed by atoms with Crippen LogP contribution in [0.2, 0.25) is 4.34 Å². The first kappa shape index (κ1) is 19.1. The van der Waals surface area contributed by atoms with Crippen LogP contribution in [0.4, 0.5) is 10.1 Å². The molecule has 2 aromatic carbocycles. The zero-order valence-corrected chi connectivity index (χ0v) is 15.9. The molecule has 0 saturated heterocycles. The van der Waals surface area contributed by atoms with Gasteiger partial charge in [0, 0.05) is 21.7 Å². The number of benzene rings is 2. The van der Waals surface area contributed by atoms with Crippen molar-refractivity contribution in [3.63, 3.8) is 0 Å². The van der Waals surface area contributed by atoms with Crippen LogP contribution in [0.3, 0.4) is 0 Å². The molecule has 2 amide bonds. The van der Waals surface area contributed by atoms with E-state index in [1.165, 1.54) is 35.6 Å². The second-order valence-corrected chi connectivity index (χ2v) is 7.63.